The highest BCUT2D eigenvalue weighted by atomic mass is 19.1. The van der Waals surface area contributed by atoms with Gasteiger partial charge in [-0.2, -0.15) is 0 Å². The van der Waals surface area contributed by atoms with Crippen molar-refractivity contribution in [3.05, 3.63) is 52.3 Å². The number of rotatable bonds is 9. The van der Waals surface area contributed by atoms with Crippen LogP contribution in [-0.4, -0.2) is 10.2 Å². The van der Waals surface area contributed by atoms with Crippen LogP contribution in [0.2, 0.25) is 0 Å². The summed E-state index contributed by atoms with van der Waals surface area (Å²) in [5, 5.41) is 20.8. The van der Waals surface area contributed by atoms with Crippen LogP contribution < -0.4 is 0 Å². The number of aromatic hydroxyl groups is 1. The molecular formula is C25H35FO2. The Hall–Kier alpha value is -1.87. The third-order valence-electron chi connectivity index (χ3n) is 5.52. The van der Waals surface area contributed by atoms with Gasteiger partial charge in [0.25, 0.3) is 0 Å². The van der Waals surface area contributed by atoms with Gasteiger partial charge in [0.1, 0.15) is 11.6 Å². The van der Waals surface area contributed by atoms with Crippen molar-refractivity contribution >= 4 is 0 Å². The SMILES string of the molecule is CCCCCCc1c(C(C)C)cc(C(C)C)c(CO)c1-c1ccc(F)cc1O. The number of benzene rings is 2. The van der Waals surface area contributed by atoms with Crippen LogP contribution >= 0.6 is 0 Å². The van der Waals surface area contributed by atoms with Crippen molar-refractivity contribution in [3.8, 4) is 16.9 Å². The van der Waals surface area contributed by atoms with Crippen molar-refractivity contribution in [3.63, 3.8) is 0 Å². The Morgan fingerprint density at radius 3 is 2.07 bits per heavy atom. The van der Waals surface area contributed by atoms with Crippen molar-refractivity contribution in [2.45, 2.75) is 85.2 Å². The van der Waals surface area contributed by atoms with Crippen LogP contribution in [0.15, 0.2) is 24.3 Å². The average Bonchev–Trinajstić information content (AvgIpc) is 2.64. The zero-order chi connectivity index (χ0) is 20.8. The molecule has 0 aromatic heterocycles. The van der Waals surface area contributed by atoms with E-state index >= 15 is 0 Å². The van der Waals surface area contributed by atoms with Crippen molar-refractivity contribution in [1.29, 1.82) is 0 Å². The summed E-state index contributed by atoms with van der Waals surface area (Å²) < 4.78 is 13.6. The Balaban J connectivity index is 2.77. The summed E-state index contributed by atoms with van der Waals surface area (Å²) in [4.78, 5) is 0. The topological polar surface area (TPSA) is 40.5 Å². The van der Waals surface area contributed by atoms with E-state index in [0.717, 1.165) is 42.0 Å². The number of phenolic OH excluding ortho intramolecular Hbond substituents is 1. The molecule has 3 heteroatoms. The van der Waals surface area contributed by atoms with Gasteiger partial charge in [0, 0.05) is 11.6 Å². The lowest BCUT2D eigenvalue weighted by Gasteiger charge is -2.26. The van der Waals surface area contributed by atoms with Crippen LogP contribution in [0.5, 0.6) is 5.75 Å². The van der Waals surface area contributed by atoms with E-state index in [1.165, 1.54) is 30.0 Å². The second kappa shape index (κ2) is 10.1. The molecule has 0 amide bonds. The maximum Gasteiger partial charge on any atom is 0.126 e. The molecule has 0 aliphatic rings. The van der Waals surface area contributed by atoms with Gasteiger partial charge in [0.05, 0.1) is 6.61 Å². The largest absolute Gasteiger partial charge is 0.507 e. The Morgan fingerprint density at radius 2 is 1.54 bits per heavy atom. The van der Waals surface area contributed by atoms with Crippen molar-refractivity contribution < 1.29 is 14.6 Å². The van der Waals surface area contributed by atoms with Gasteiger partial charge < -0.3 is 10.2 Å². The summed E-state index contributed by atoms with van der Waals surface area (Å²) >= 11 is 0. The van der Waals surface area contributed by atoms with Crippen molar-refractivity contribution in [2.75, 3.05) is 0 Å². The predicted molar refractivity (Wildman–Crippen MR) is 115 cm³/mol. The molecule has 2 aromatic carbocycles. The number of hydrogen-bond acceptors (Lipinski definition) is 2. The molecule has 0 radical (unpaired) electrons. The Kier molecular flexibility index (Phi) is 8.06. The molecule has 0 atom stereocenters. The summed E-state index contributed by atoms with van der Waals surface area (Å²) in [5.41, 5.74) is 5.90. The molecule has 2 N–H and O–H groups in total. The van der Waals surface area contributed by atoms with Gasteiger partial charge >= 0.3 is 0 Å². The molecule has 2 rings (SSSR count). The molecule has 0 saturated heterocycles. The number of unbranched alkanes of at least 4 members (excludes halogenated alkanes) is 3. The smallest absolute Gasteiger partial charge is 0.126 e. The minimum atomic E-state index is -0.458. The minimum Gasteiger partial charge on any atom is -0.507 e. The first kappa shape index (κ1) is 22.4. The minimum absolute atomic E-state index is 0.0693. The fourth-order valence-electron chi connectivity index (χ4n) is 4.05. The van der Waals surface area contributed by atoms with E-state index < -0.39 is 5.82 Å². The maximum atomic E-state index is 13.6. The zero-order valence-corrected chi connectivity index (χ0v) is 18.0. The maximum absolute atomic E-state index is 13.6. The fraction of sp³-hybridized carbons (Fsp3) is 0.520. The van der Waals surface area contributed by atoms with Crippen LogP contribution in [0.25, 0.3) is 11.1 Å². The lowest BCUT2D eigenvalue weighted by molar-refractivity contribution is 0.280. The standard InChI is InChI=1S/C25H35FO2/c1-6-7-8-9-10-19-21(16(2)3)14-22(17(4)5)23(15-27)25(19)20-12-11-18(26)13-24(20)28/h11-14,16-17,27-28H,6-10,15H2,1-5H3. The van der Waals surface area contributed by atoms with E-state index in [2.05, 4.69) is 40.7 Å². The summed E-state index contributed by atoms with van der Waals surface area (Å²) in [6, 6.07) is 6.42. The first-order valence-corrected chi connectivity index (χ1v) is 10.6. The molecule has 0 fully saturated rings. The third kappa shape index (κ3) is 4.94. The van der Waals surface area contributed by atoms with E-state index in [4.69, 9.17) is 0 Å². The number of aliphatic hydroxyl groups excluding tert-OH is 1. The average molecular weight is 387 g/mol. The highest BCUT2D eigenvalue weighted by Crippen LogP contribution is 2.42. The highest BCUT2D eigenvalue weighted by molar-refractivity contribution is 5.79. The number of hydrogen-bond donors (Lipinski definition) is 2. The van der Waals surface area contributed by atoms with Crippen molar-refractivity contribution in [1.82, 2.24) is 0 Å². The second-order valence-corrected chi connectivity index (χ2v) is 8.33. The van der Waals surface area contributed by atoms with Crippen LogP contribution in [0.1, 0.15) is 94.4 Å². The van der Waals surface area contributed by atoms with Gasteiger partial charge in [-0.25, -0.2) is 4.39 Å². The van der Waals surface area contributed by atoms with Crippen LogP contribution in [0, 0.1) is 5.82 Å². The number of halogens is 1. The first-order chi connectivity index (χ1) is 13.3. The van der Waals surface area contributed by atoms with Crippen LogP contribution in [0.3, 0.4) is 0 Å². The fourth-order valence-corrected chi connectivity index (χ4v) is 4.05. The molecule has 0 aliphatic carbocycles. The molecule has 0 heterocycles. The predicted octanol–water partition coefficient (Wildman–Crippen LogP) is 7.06. The van der Waals surface area contributed by atoms with E-state index in [1.54, 1.807) is 6.07 Å². The van der Waals surface area contributed by atoms with Gasteiger partial charge in [-0.15, -0.1) is 0 Å². The van der Waals surface area contributed by atoms with Crippen LogP contribution in [-0.2, 0) is 13.0 Å². The molecular weight excluding hydrogens is 351 g/mol. The molecule has 0 bridgehead atoms. The molecule has 28 heavy (non-hydrogen) atoms. The lowest BCUT2D eigenvalue weighted by atomic mass is 9.80. The lowest BCUT2D eigenvalue weighted by Crippen LogP contribution is -2.09. The summed E-state index contributed by atoms with van der Waals surface area (Å²) in [5.74, 6) is 0.0448. The summed E-state index contributed by atoms with van der Waals surface area (Å²) in [6.45, 7) is 10.7. The van der Waals surface area contributed by atoms with Gasteiger partial charge in [0.2, 0.25) is 0 Å². The monoisotopic (exact) mass is 386 g/mol. The molecule has 0 spiro atoms. The van der Waals surface area contributed by atoms with Gasteiger partial charge in [0.15, 0.2) is 0 Å². The van der Waals surface area contributed by atoms with Gasteiger partial charge in [-0.1, -0.05) is 59.9 Å². The Morgan fingerprint density at radius 1 is 0.893 bits per heavy atom. The molecule has 2 aromatic rings. The normalized spacial score (nSPS) is 11.6. The van der Waals surface area contributed by atoms with Crippen molar-refractivity contribution in [2.24, 2.45) is 0 Å². The third-order valence-corrected chi connectivity index (χ3v) is 5.52. The van der Waals surface area contributed by atoms with Gasteiger partial charge in [-0.3, -0.25) is 0 Å². The van der Waals surface area contributed by atoms with E-state index in [-0.39, 0.29) is 18.3 Å². The molecule has 154 valence electrons. The molecule has 0 saturated carbocycles. The first-order valence-electron chi connectivity index (χ1n) is 10.6. The second-order valence-electron chi connectivity index (χ2n) is 8.33. The zero-order valence-electron chi connectivity index (χ0n) is 18.0. The molecule has 0 aliphatic heterocycles. The van der Waals surface area contributed by atoms with E-state index in [0.29, 0.717) is 11.5 Å². The summed E-state index contributed by atoms with van der Waals surface area (Å²) in [7, 11) is 0. The quantitative estimate of drug-likeness (QED) is 0.453. The molecule has 2 nitrogen and oxygen atoms in total. The van der Waals surface area contributed by atoms with Gasteiger partial charge in [-0.05, 0) is 64.6 Å². The van der Waals surface area contributed by atoms with E-state index in [9.17, 15) is 14.6 Å². The van der Waals surface area contributed by atoms with E-state index in [1.807, 2.05) is 0 Å². The Bertz CT molecular complexity index is 794. The highest BCUT2D eigenvalue weighted by Gasteiger charge is 2.23. The Labute approximate surface area is 169 Å². The number of aliphatic hydroxyl groups is 1. The summed E-state index contributed by atoms with van der Waals surface area (Å²) in [6.07, 6.45) is 5.49. The molecule has 0 unspecified atom stereocenters. The number of phenols is 1. The van der Waals surface area contributed by atoms with Crippen LogP contribution in [0.4, 0.5) is 4.39 Å².